The van der Waals surface area contributed by atoms with E-state index in [1.54, 1.807) is 11.0 Å². The van der Waals surface area contributed by atoms with Crippen LogP contribution in [0.15, 0.2) is 28.7 Å². The highest BCUT2D eigenvalue weighted by Crippen LogP contribution is 2.27. The lowest BCUT2D eigenvalue weighted by molar-refractivity contribution is -0.137. The summed E-state index contributed by atoms with van der Waals surface area (Å²) in [7, 11) is 0. The summed E-state index contributed by atoms with van der Waals surface area (Å²) in [5.41, 5.74) is 1.26. The molecule has 0 unspecified atom stereocenters. The van der Waals surface area contributed by atoms with Gasteiger partial charge in [0, 0.05) is 30.6 Å². The fraction of sp³-hybridized carbons (Fsp3) is 0.524. The normalized spacial score (nSPS) is 20.0. The van der Waals surface area contributed by atoms with Crippen LogP contribution in [0.1, 0.15) is 43.3 Å². The van der Waals surface area contributed by atoms with Crippen LogP contribution >= 0.6 is 0 Å². The molecular formula is C21H27NO5. The molecule has 0 spiro atoms. The van der Waals surface area contributed by atoms with Gasteiger partial charge in [0.1, 0.15) is 5.58 Å². The number of nitrogens with zero attached hydrogens (tertiary/aromatic N) is 1. The second-order valence-electron chi connectivity index (χ2n) is 7.36. The second-order valence-corrected chi connectivity index (χ2v) is 7.36. The summed E-state index contributed by atoms with van der Waals surface area (Å²) in [6, 6.07) is 7.40. The maximum atomic E-state index is 12.6. The maximum Gasteiger partial charge on any atom is 0.375 e. The number of likely N-dealkylation sites (tertiary alicyclic amines) is 1. The van der Waals surface area contributed by atoms with Crippen LogP contribution in [-0.2, 0) is 20.9 Å². The Kier molecular flexibility index (Phi) is 6.16. The summed E-state index contributed by atoms with van der Waals surface area (Å²) in [4.78, 5) is 26.8. The van der Waals surface area contributed by atoms with Gasteiger partial charge in [-0.05, 0) is 31.2 Å². The van der Waals surface area contributed by atoms with E-state index in [4.69, 9.17) is 13.9 Å². The molecule has 1 aromatic carbocycles. The number of hydrogen-bond donors (Lipinski definition) is 0. The molecule has 6 nitrogen and oxygen atoms in total. The second kappa shape index (κ2) is 8.57. The van der Waals surface area contributed by atoms with Gasteiger partial charge in [-0.15, -0.1) is 0 Å². The Bertz CT molecular complexity index is 802. The number of hydrogen-bond acceptors (Lipinski definition) is 5. The van der Waals surface area contributed by atoms with Crippen molar-refractivity contribution in [1.82, 2.24) is 4.90 Å². The fourth-order valence-corrected chi connectivity index (χ4v) is 3.76. The van der Waals surface area contributed by atoms with Crippen LogP contribution in [0.25, 0.3) is 11.0 Å². The Labute approximate surface area is 159 Å². The minimum Gasteiger partial charge on any atom is -0.450 e. The van der Waals surface area contributed by atoms with E-state index in [2.05, 4.69) is 13.8 Å². The molecule has 1 amide bonds. The molecule has 146 valence electrons. The first-order valence-electron chi connectivity index (χ1n) is 9.52. The molecule has 2 atom stereocenters. The predicted molar refractivity (Wildman–Crippen MR) is 101 cm³/mol. The molecule has 1 fully saturated rings. The lowest BCUT2D eigenvalue weighted by atomic mass is 9.92. The number of piperidine rings is 1. The molecule has 2 aromatic rings. The number of para-hydroxylation sites is 1. The number of benzene rings is 1. The first kappa shape index (κ1) is 19.4. The van der Waals surface area contributed by atoms with E-state index in [9.17, 15) is 9.59 Å². The van der Waals surface area contributed by atoms with Gasteiger partial charge in [0.25, 0.3) is 5.91 Å². The van der Waals surface area contributed by atoms with Crippen LogP contribution in [-0.4, -0.2) is 43.1 Å². The van der Waals surface area contributed by atoms with Gasteiger partial charge in [-0.3, -0.25) is 4.79 Å². The molecule has 1 aliphatic rings. The van der Waals surface area contributed by atoms with Gasteiger partial charge < -0.3 is 18.8 Å². The van der Waals surface area contributed by atoms with Crippen molar-refractivity contribution in [3.63, 3.8) is 0 Å². The number of furan rings is 1. The largest absolute Gasteiger partial charge is 0.450 e. The molecule has 0 radical (unpaired) electrons. The van der Waals surface area contributed by atoms with E-state index in [0.717, 1.165) is 11.8 Å². The Morgan fingerprint density at radius 2 is 1.89 bits per heavy atom. The molecule has 6 heteroatoms. The zero-order chi connectivity index (χ0) is 19.4. The number of ether oxygens (including phenoxy) is 2. The predicted octanol–water partition coefficient (Wildman–Crippen LogP) is 3.63. The fourth-order valence-electron chi connectivity index (χ4n) is 3.76. The zero-order valence-corrected chi connectivity index (χ0v) is 16.2. The average Bonchev–Trinajstić information content (AvgIpc) is 3.02. The zero-order valence-electron chi connectivity index (χ0n) is 16.2. The number of esters is 1. The van der Waals surface area contributed by atoms with Crippen molar-refractivity contribution in [3.05, 3.63) is 35.6 Å². The average molecular weight is 373 g/mol. The maximum absolute atomic E-state index is 12.6. The molecular weight excluding hydrogens is 346 g/mol. The van der Waals surface area contributed by atoms with Crippen LogP contribution in [0.4, 0.5) is 0 Å². The van der Waals surface area contributed by atoms with Crippen LogP contribution in [0, 0.1) is 11.8 Å². The summed E-state index contributed by atoms with van der Waals surface area (Å²) < 4.78 is 16.5. The molecule has 1 aliphatic heterocycles. The minimum atomic E-state index is -0.632. The monoisotopic (exact) mass is 373 g/mol. The number of fused-ring (bicyclic) bond motifs is 1. The Morgan fingerprint density at radius 1 is 1.19 bits per heavy atom. The van der Waals surface area contributed by atoms with Gasteiger partial charge in [0.15, 0.2) is 6.61 Å². The van der Waals surface area contributed by atoms with Crippen LogP contribution < -0.4 is 0 Å². The molecule has 0 bridgehead atoms. The summed E-state index contributed by atoms with van der Waals surface area (Å²) in [6.45, 7) is 8.09. The van der Waals surface area contributed by atoms with Crippen molar-refractivity contribution in [3.8, 4) is 0 Å². The van der Waals surface area contributed by atoms with Gasteiger partial charge >= 0.3 is 5.97 Å². The molecule has 27 heavy (non-hydrogen) atoms. The summed E-state index contributed by atoms with van der Waals surface area (Å²) >= 11 is 0. The lowest BCUT2D eigenvalue weighted by Crippen LogP contribution is -2.44. The highest BCUT2D eigenvalue weighted by molar-refractivity contribution is 5.96. The van der Waals surface area contributed by atoms with E-state index < -0.39 is 5.97 Å². The van der Waals surface area contributed by atoms with Gasteiger partial charge in [-0.1, -0.05) is 32.0 Å². The van der Waals surface area contributed by atoms with Crippen LogP contribution in [0.3, 0.4) is 0 Å². The first-order valence-corrected chi connectivity index (χ1v) is 9.52. The highest BCUT2D eigenvalue weighted by Gasteiger charge is 2.27. The van der Waals surface area contributed by atoms with E-state index in [0.29, 0.717) is 42.7 Å². The van der Waals surface area contributed by atoms with Gasteiger partial charge in [-0.25, -0.2) is 4.79 Å². The number of carbonyl (C=O) groups excluding carboxylic acids is 2. The van der Waals surface area contributed by atoms with Crippen LogP contribution in [0.2, 0.25) is 0 Å². The molecule has 1 saturated heterocycles. The third kappa shape index (κ3) is 4.50. The van der Waals surface area contributed by atoms with Crippen molar-refractivity contribution < 1.29 is 23.5 Å². The van der Waals surface area contributed by atoms with Crippen LogP contribution in [0.5, 0.6) is 0 Å². The van der Waals surface area contributed by atoms with E-state index in [1.807, 2.05) is 25.1 Å². The number of rotatable bonds is 6. The first-order chi connectivity index (χ1) is 13.0. The molecule has 0 saturated carbocycles. The molecule has 2 heterocycles. The molecule has 3 rings (SSSR count). The van der Waals surface area contributed by atoms with E-state index >= 15 is 0 Å². The highest BCUT2D eigenvalue weighted by atomic mass is 16.5. The van der Waals surface area contributed by atoms with Crippen molar-refractivity contribution >= 4 is 22.8 Å². The van der Waals surface area contributed by atoms with Gasteiger partial charge in [-0.2, -0.15) is 0 Å². The SMILES string of the molecule is CCOCc1c(C(=O)OCC(=O)N2C[C@H](C)C[C@H](C)C2)oc2ccccc12. The third-order valence-electron chi connectivity index (χ3n) is 4.88. The van der Waals surface area contributed by atoms with Gasteiger partial charge in [0.2, 0.25) is 5.76 Å². The molecule has 1 aromatic heterocycles. The standard InChI is InChI=1S/C21H27NO5/c1-4-25-12-17-16-7-5-6-8-18(16)27-20(17)21(24)26-13-19(23)22-10-14(2)9-15(3)11-22/h5-8,14-15H,4,9-13H2,1-3H3/t14-,15+. The van der Waals surface area contributed by atoms with Gasteiger partial charge in [0.05, 0.1) is 6.61 Å². The Hall–Kier alpha value is -2.34. The Morgan fingerprint density at radius 3 is 2.59 bits per heavy atom. The minimum absolute atomic E-state index is 0.109. The summed E-state index contributed by atoms with van der Waals surface area (Å²) in [6.07, 6.45) is 1.11. The van der Waals surface area contributed by atoms with Crippen molar-refractivity contribution in [2.75, 3.05) is 26.3 Å². The topological polar surface area (TPSA) is 69.0 Å². The number of carbonyl (C=O) groups is 2. The smallest absolute Gasteiger partial charge is 0.375 e. The summed E-state index contributed by atoms with van der Waals surface area (Å²) in [5.74, 6) is 0.234. The quantitative estimate of drug-likeness (QED) is 0.723. The molecule has 0 N–H and O–H groups in total. The molecule has 0 aliphatic carbocycles. The van der Waals surface area contributed by atoms with E-state index in [-0.39, 0.29) is 24.9 Å². The van der Waals surface area contributed by atoms with Crippen molar-refractivity contribution in [2.45, 2.75) is 33.8 Å². The van der Waals surface area contributed by atoms with Crippen molar-refractivity contribution in [2.24, 2.45) is 11.8 Å². The van der Waals surface area contributed by atoms with E-state index in [1.165, 1.54) is 0 Å². The Balaban J connectivity index is 1.69. The third-order valence-corrected chi connectivity index (χ3v) is 4.88. The summed E-state index contributed by atoms with van der Waals surface area (Å²) in [5, 5.41) is 0.822. The lowest BCUT2D eigenvalue weighted by Gasteiger charge is -2.34. The van der Waals surface area contributed by atoms with Crippen molar-refractivity contribution in [1.29, 1.82) is 0 Å². The number of amides is 1.